The van der Waals surface area contributed by atoms with Gasteiger partial charge in [-0.05, 0) is 24.3 Å². The van der Waals surface area contributed by atoms with E-state index in [9.17, 15) is 13.2 Å². The maximum atomic E-state index is 12.2. The van der Waals surface area contributed by atoms with Crippen LogP contribution >= 0.6 is 22.9 Å². The van der Waals surface area contributed by atoms with Gasteiger partial charge in [0.05, 0.1) is 23.3 Å². The van der Waals surface area contributed by atoms with Crippen LogP contribution in [0.3, 0.4) is 0 Å². The van der Waals surface area contributed by atoms with E-state index in [1.807, 2.05) is 0 Å². The highest BCUT2D eigenvalue weighted by molar-refractivity contribution is 7.92. The fourth-order valence-electron chi connectivity index (χ4n) is 1.46. The van der Waals surface area contributed by atoms with E-state index in [4.69, 9.17) is 11.6 Å². The summed E-state index contributed by atoms with van der Waals surface area (Å²) < 4.78 is 31.3. The number of nitrogens with one attached hydrogen (secondary N) is 1. The van der Waals surface area contributed by atoms with E-state index in [1.54, 1.807) is 0 Å². The van der Waals surface area contributed by atoms with Crippen LogP contribution in [0.15, 0.2) is 39.9 Å². The molecule has 0 aliphatic heterocycles. The molecule has 8 heteroatoms. The molecule has 0 spiro atoms. The first-order valence-electron chi connectivity index (χ1n) is 5.37. The Morgan fingerprint density at radius 2 is 1.90 bits per heavy atom. The molecule has 1 N–H and O–H groups in total. The first kappa shape index (κ1) is 14.8. The number of methoxy groups -OCH3 is 1. The number of hydrogen-bond acceptors (Lipinski definition) is 5. The van der Waals surface area contributed by atoms with Gasteiger partial charge in [0.15, 0.2) is 0 Å². The largest absolute Gasteiger partial charge is 0.465 e. The summed E-state index contributed by atoms with van der Waals surface area (Å²) in [4.78, 5) is 11.6. The molecule has 1 aromatic carbocycles. The number of esters is 1. The molecule has 0 amide bonds. The molecule has 20 heavy (non-hydrogen) atoms. The molecule has 2 aromatic rings. The SMILES string of the molecule is COC(=O)c1cscc1NS(=O)(=O)c1ccc(Cl)cc1. The molecule has 0 bridgehead atoms. The molecule has 0 unspecified atom stereocenters. The van der Waals surface area contributed by atoms with Gasteiger partial charge in [-0.25, -0.2) is 13.2 Å². The van der Waals surface area contributed by atoms with Crippen LogP contribution in [0.1, 0.15) is 10.4 Å². The van der Waals surface area contributed by atoms with E-state index >= 15 is 0 Å². The van der Waals surface area contributed by atoms with Gasteiger partial charge in [-0.3, -0.25) is 4.72 Å². The van der Waals surface area contributed by atoms with Crippen molar-refractivity contribution in [3.8, 4) is 0 Å². The lowest BCUT2D eigenvalue weighted by Crippen LogP contribution is -2.14. The van der Waals surface area contributed by atoms with Crippen LogP contribution < -0.4 is 4.72 Å². The van der Waals surface area contributed by atoms with Crippen LogP contribution in [0.25, 0.3) is 0 Å². The average Bonchev–Trinajstić information content (AvgIpc) is 2.85. The van der Waals surface area contributed by atoms with Gasteiger partial charge >= 0.3 is 5.97 Å². The van der Waals surface area contributed by atoms with E-state index in [2.05, 4.69) is 9.46 Å². The molecule has 0 saturated carbocycles. The number of thiophene rings is 1. The Hall–Kier alpha value is -1.57. The minimum Gasteiger partial charge on any atom is -0.465 e. The summed E-state index contributed by atoms with van der Waals surface area (Å²) in [6.45, 7) is 0. The van der Waals surface area contributed by atoms with Gasteiger partial charge in [0.25, 0.3) is 10.0 Å². The molecule has 1 heterocycles. The number of sulfonamides is 1. The third-order valence-electron chi connectivity index (χ3n) is 2.44. The third kappa shape index (κ3) is 3.12. The second kappa shape index (κ2) is 5.82. The highest BCUT2D eigenvalue weighted by Crippen LogP contribution is 2.25. The zero-order valence-electron chi connectivity index (χ0n) is 10.3. The van der Waals surface area contributed by atoms with Crippen molar-refractivity contribution in [3.63, 3.8) is 0 Å². The molecule has 0 atom stereocenters. The molecule has 1 aromatic heterocycles. The maximum absolute atomic E-state index is 12.2. The van der Waals surface area contributed by atoms with Crippen LogP contribution in [-0.2, 0) is 14.8 Å². The predicted octanol–water partition coefficient (Wildman–Crippen LogP) is 2.99. The number of carbonyl (C=O) groups excluding carboxylic acids is 1. The molecule has 0 aliphatic carbocycles. The zero-order chi connectivity index (χ0) is 14.8. The predicted molar refractivity (Wildman–Crippen MR) is 77.9 cm³/mol. The van der Waals surface area contributed by atoms with Gasteiger partial charge in [0.1, 0.15) is 0 Å². The Morgan fingerprint density at radius 1 is 1.25 bits per heavy atom. The van der Waals surface area contributed by atoms with Crippen molar-refractivity contribution >= 4 is 44.6 Å². The van der Waals surface area contributed by atoms with Gasteiger partial charge in [0, 0.05) is 15.8 Å². The molecule has 0 saturated heterocycles. The standard InChI is InChI=1S/C12H10ClNO4S2/c1-18-12(15)10-6-19-7-11(10)14-20(16,17)9-4-2-8(13)3-5-9/h2-7,14H,1H3. The molecule has 0 aliphatic rings. The Kier molecular flexibility index (Phi) is 4.32. The van der Waals surface area contributed by atoms with E-state index in [1.165, 1.54) is 53.5 Å². The molecule has 0 fully saturated rings. The lowest BCUT2D eigenvalue weighted by atomic mass is 10.3. The molecular weight excluding hydrogens is 322 g/mol. The number of rotatable bonds is 4. The summed E-state index contributed by atoms with van der Waals surface area (Å²) in [5.41, 5.74) is 0.367. The summed E-state index contributed by atoms with van der Waals surface area (Å²) in [5.74, 6) is -0.597. The van der Waals surface area contributed by atoms with Crippen molar-refractivity contribution in [2.24, 2.45) is 0 Å². The number of carbonyl (C=O) groups is 1. The Morgan fingerprint density at radius 3 is 2.50 bits per heavy atom. The quantitative estimate of drug-likeness (QED) is 0.874. The number of halogens is 1. The van der Waals surface area contributed by atoms with E-state index in [0.717, 1.165) is 0 Å². The van der Waals surface area contributed by atoms with Crippen LogP contribution in [0.2, 0.25) is 5.02 Å². The van der Waals surface area contributed by atoms with Gasteiger partial charge in [0.2, 0.25) is 0 Å². The first-order valence-corrected chi connectivity index (χ1v) is 8.17. The molecule has 0 radical (unpaired) electrons. The van der Waals surface area contributed by atoms with Crippen molar-refractivity contribution in [2.75, 3.05) is 11.8 Å². The second-order valence-electron chi connectivity index (χ2n) is 3.75. The van der Waals surface area contributed by atoms with Crippen molar-refractivity contribution in [1.29, 1.82) is 0 Å². The Labute approximate surface area is 125 Å². The van der Waals surface area contributed by atoms with Gasteiger partial charge in [-0.2, -0.15) is 0 Å². The van der Waals surface area contributed by atoms with Crippen LogP contribution in [-0.4, -0.2) is 21.5 Å². The normalized spacial score (nSPS) is 11.1. The lowest BCUT2D eigenvalue weighted by molar-refractivity contribution is 0.0602. The van der Waals surface area contributed by atoms with Gasteiger partial charge in [-0.1, -0.05) is 11.6 Å². The highest BCUT2D eigenvalue weighted by atomic mass is 35.5. The fourth-order valence-corrected chi connectivity index (χ4v) is 3.48. The smallest absolute Gasteiger partial charge is 0.340 e. The topological polar surface area (TPSA) is 72.5 Å². The minimum atomic E-state index is -3.77. The lowest BCUT2D eigenvalue weighted by Gasteiger charge is -2.08. The van der Waals surface area contributed by atoms with Crippen molar-refractivity contribution in [1.82, 2.24) is 0 Å². The van der Waals surface area contributed by atoms with E-state index in [0.29, 0.717) is 5.02 Å². The first-order chi connectivity index (χ1) is 9.44. The number of ether oxygens (including phenoxy) is 1. The monoisotopic (exact) mass is 331 g/mol. The number of hydrogen-bond donors (Lipinski definition) is 1. The van der Waals surface area contributed by atoms with Crippen LogP contribution in [0.5, 0.6) is 0 Å². The van der Waals surface area contributed by atoms with Gasteiger partial charge in [-0.15, -0.1) is 11.3 Å². The van der Waals surface area contributed by atoms with Crippen molar-refractivity contribution in [2.45, 2.75) is 4.90 Å². The Bertz CT molecular complexity index is 722. The molecule has 5 nitrogen and oxygen atoms in total. The summed E-state index contributed by atoms with van der Waals surface area (Å²) in [6, 6.07) is 5.72. The van der Waals surface area contributed by atoms with Crippen molar-refractivity contribution < 1.29 is 17.9 Å². The summed E-state index contributed by atoms with van der Waals surface area (Å²) >= 11 is 6.91. The van der Waals surface area contributed by atoms with Crippen LogP contribution in [0.4, 0.5) is 5.69 Å². The zero-order valence-corrected chi connectivity index (χ0v) is 12.7. The number of anilines is 1. The second-order valence-corrected chi connectivity index (χ2v) is 6.61. The molecule has 106 valence electrons. The van der Waals surface area contributed by atoms with Crippen LogP contribution in [0, 0.1) is 0 Å². The van der Waals surface area contributed by atoms with E-state index in [-0.39, 0.29) is 16.1 Å². The molecular formula is C12H10ClNO4S2. The summed E-state index contributed by atoms with van der Waals surface area (Å²) in [6.07, 6.45) is 0. The minimum absolute atomic E-state index is 0.0592. The number of benzene rings is 1. The van der Waals surface area contributed by atoms with E-state index < -0.39 is 16.0 Å². The fraction of sp³-hybridized carbons (Fsp3) is 0.0833. The Balaban J connectivity index is 2.32. The maximum Gasteiger partial charge on any atom is 0.340 e. The van der Waals surface area contributed by atoms with Gasteiger partial charge < -0.3 is 4.74 Å². The average molecular weight is 332 g/mol. The highest BCUT2D eigenvalue weighted by Gasteiger charge is 2.19. The summed E-state index contributed by atoms with van der Waals surface area (Å²) in [5, 5.41) is 3.49. The third-order valence-corrected chi connectivity index (χ3v) is 4.81. The summed E-state index contributed by atoms with van der Waals surface area (Å²) in [7, 11) is -2.54. The van der Waals surface area contributed by atoms with Crippen molar-refractivity contribution in [3.05, 3.63) is 45.6 Å². The molecule has 2 rings (SSSR count).